The third-order valence-electron chi connectivity index (χ3n) is 3.74. The summed E-state index contributed by atoms with van der Waals surface area (Å²) >= 11 is 0. The Morgan fingerprint density at radius 1 is 1.45 bits per heavy atom. The van der Waals surface area contributed by atoms with E-state index in [1.807, 2.05) is 6.92 Å². The van der Waals surface area contributed by atoms with E-state index < -0.39 is 6.23 Å². The van der Waals surface area contributed by atoms with Crippen LogP contribution < -0.4 is 5.73 Å². The van der Waals surface area contributed by atoms with Crippen LogP contribution >= 0.6 is 0 Å². The number of morpholine rings is 1. The number of carbonyl (C=O) groups excluding carboxylic acids is 1. The molecule has 1 aliphatic heterocycles. The number of rotatable bonds is 2. The molecule has 0 bridgehead atoms. The van der Waals surface area contributed by atoms with Gasteiger partial charge in [0.1, 0.15) is 11.8 Å². The van der Waals surface area contributed by atoms with Crippen LogP contribution in [0, 0.1) is 0 Å². The maximum Gasteiger partial charge on any atom is 0.409 e. The minimum Gasteiger partial charge on any atom is -0.453 e. The fourth-order valence-corrected chi connectivity index (χ4v) is 2.55. The lowest BCUT2D eigenvalue weighted by atomic mass is 10.2. The molecule has 1 amide bonds. The van der Waals surface area contributed by atoms with Crippen LogP contribution in [0.2, 0.25) is 0 Å². The molecule has 0 radical (unpaired) electrons. The van der Waals surface area contributed by atoms with E-state index in [0.29, 0.717) is 30.1 Å². The smallest absolute Gasteiger partial charge is 0.409 e. The lowest BCUT2D eigenvalue weighted by Crippen LogP contribution is -2.48. The molecule has 3 heterocycles. The number of amides is 1. The predicted molar refractivity (Wildman–Crippen MR) is 77.9 cm³/mol. The summed E-state index contributed by atoms with van der Waals surface area (Å²) in [7, 11) is 1.37. The van der Waals surface area contributed by atoms with Crippen molar-refractivity contribution in [2.75, 3.05) is 25.9 Å². The van der Waals surface area contributed by atoms with E-state index in [2.05, 4.69) is 15.0 Å². The fraction of sp³-hybridized carbons (Fsp3) is 0.538. The van der Waals surface area contributed by atoms with E-state index in [9.17, 15) is 4.79 Å². The van der Waals surface area contributed by atoms with Crippen LogP contribution in [0.4, 0.5) is 10.6 Å². The Hall–Kier alpha value is -2.42. The zero-order valence-corrected chi connectivity index (χ0v) is 12.5. The standard InChI is InChI=1S/C13H18N6O3/c1-3-8-4-18(13(20)21-2)5-9(22-8)19-7-17-10-11(14)15-6-16-12(10)19/h6-9H,3-5H2,1-2H3,(H2,14,15,16)/t8-,9-/m1/s1. The molecule has 2 atom stereocenters. The highest BCUT2D eigenvalue weighted by Crippen LogP contribution is 2.26. The van der Waals surface area contributed by atoms with Crippen molar-refractivity contribution < 1.29 is 14.3 Å². The molecule has 22 heavy (non-hydrogen) atoms. The third kappa shape index (κ3) is 2.43. The van der Waals surface area contributed by atoms with E-state index in [-0.39, 0.29) is 12.2 Å². The molecule has 0 saturated carbocycles. The number of nitrogens with zero attached hydrogens (tertiary/aromatic N) is 5. The summed E-state index contributed by atoms with van der Waals surface area (Å²) in [5.74, 6) is 0.316. The van der Waals surface area contributed by atoms with Crippen LogP contribution in [0.15, 0.2) is 12.7 Å². The Kier molecular flexibility index (Phi) is 3.80. The molecular weight excluding hydrogens is 288 g/mol. The number of imidazole rings is 1. The Balaban J connectivity index is 1.94. The van der Waals surface area contributed by atoms with Gasteiger partial charge in [-0.05, 0) is 6.42 Å². The molecule has 1 saturated heterocycles. The van der Waals surface area contributed by atoms with E-state index in [1.165, 1.54) is 13.4 Å². The van der Waals surface area contributed by atoms with Crippen molar-refractivity contribution in [2.24, 2.45) is 0 Å². The fourth-order valence-electron chi connectivity index (χ4n) is 2.55. The number of ether oxygens (including phenoxy) is 2. The maximum atomic E-state index is 11.8. The van der Waals surface area contributed by atoms with Gasteiger partial charge < -0.3 is 20.1 Å². The molecule has 118 valence electrons. The molecule has 0 spiro atoms. The summed E-state index contributed by atoms with van der Waals surface area (Å²) in [5, 5.41) is 0. The number of nitrogens with two attached hydrogens (primary N) is 1. The first-order chi connectivity index (χ1) is 10.6. The molecule has 0 aromatic carbocycles. The van der Waals surface area contributed by atoms with Gasteiger partial charge in [0.05, 0.1) is 32.6 Å². The summed E-state index contributed by atoms with van der Waals surface area (Å²) in [6, 6.07) is 0. The summed E-state index contributed by atoms with van der Waals surface area (Å²) < 4.78 is 12.6. The number of aromatic nitrogens is 4. The molecular formula is C13H18N6O3. The largest absolute Gasteiger partial charge is 0.453 e. The van der Waals surface area contributed by atoms with E-state index >= 15 is 0 Å². The number of anilines is 1. The van der Waals surface area contributed by atoms with Gasteiger partial charge >= 0.3 is 6.09 Å². The van der Waals surface area contributed by atoms with Crippen LogP contribution in [0.3, 0.4) is 0 Å². The molecule has 9 nitrogen and oxygen atoms in total. The zero-order valence-electron chi connectivity index (χ0n) is 12.5. The third-order valence-corrected chi connectivity index (χ3v) is 3.74. The summed E-state index contributed by atoms with van der Waals surface area (Å²) in [5.41, 5.74) is 6.90. The van der Waals surface area contributed by atoms with Crippen LogP contribution in [0.1, 0.15) is 19.6 Å². The van der Waals surface area contributed by atoms with Crippen molar-refractivity contribution in [1.82, 2.24) is 24.4 Å². The number of hydrogen-bond donors (Lipinski definition) is 1. The van der Waals surface area contributed by atoms with Crippen molar-refractivity contribution >= 4 is 23.1 Å². The molecule has 1 fully saturated rings. The zero-order chi connectivity index (χ0) is 15.7. The summed E-state index contributed by atoms with van der Waals surface area (Å²) in [4.78, 5) is 25.8. The van der Waals surface area contributed by atoms with Crippen LogP contribution in [0.5, 0.6) is 0 Å². The van der Waals surface area contributed by atoms with E-state index in [4.69, 9.17) is 15.2 Å². The van der Waals surface area contributed by atoms with Gasteiger partial charge in [-0.1, -0.05) is 6.92 Å². The number of fused-ring (bicyclic) bond motifs is 1. The van der Waals surface area contributed by atoms with Gasteiger partial charge in [0.25, 0.3) is 0 Å². The van der Waals surface area contributed by atoms with Crippen molar-refractivity contribution in [3.05, 3.63) is 12.7 Å². The summed E-state index contributed by atoms with van der Waals surface area (Å²) in [6.07, 6.45) is 2.94. The molecule has 2 N–H and O–H groups in total. The monoisotopic (exact) mass is 306 g/mol. The van der Waals surface area contributed by atoms with Crippen molar-refractivity contribution in [3.63, 3.8) is 0 Å². The highest BCUT2D eigenvalue weighted by atomic mass is 16.6. The van der Waals surface area contributed by atoms with Gasteiger partial charge in [-0.3, -0.25) is 4.57 Å². The second-order valence-electron chi connectivity index (χ2n) is 5.08. The number of methoxy groups -OCH3 is 1. The molecule has 2 aromatic heterocycles. The van der Waals surface area contributed by atoms with Crippen molar-refractivity contribution in [1.29, 1.82) is 0 Å². The van der Waals surface area contributed by atoms with Gasteiger partial charge in [-0.2, -0.15) is 0 Å². The summed E-state index contributed by atoms with van der Waals surface area (Å²) in [6.45, 7) is 2.87. The second-order valence-corrected chi connectivity index (χ2v) is 5.08. The molecule has 9 heteroatoms. The Labute approximate surface area is 127 Å². The van der Waals surface area contributed by atoms with E-state index in [0.717, 1.165) is 6.42 Å². The van der Waals surface area contributed by atoms with Gasteiger partial charge in [0.2, 0.25) is 0 Å². The number of carbonyl (C=O) groups is 1. The topological polar surface area (TPSA) is 108 Å². The molecule has 1 aliphatic rings. The van der Waals surface area contributed by atoms with Crippen molar-refractivity contribution in [2.45, 2.75) is 25.7 Å². The SMILES string of the molecule is CC[C@@H]1CN(C(=O)OC)C[C@H](n2cnc3c(N)ncnc32)O1. The second kappa shape index (κ2) is 5.76. The Bertz CT molecular complexity index is 687. The maximum absolute atomic E-state index is 11.8. The lowest BCUT2D eigenvalue weighted by molar-refractivity contribution is -0.113. The average Bonchev–Trinajstić information content (AvgIpc) is 2.99. The highest BCUT2D eigenvalue weighted by Gasteiger charge is 2.32. The predicted octanol–water partition coefficient (Wildman–Crippen LogP) is 0.784. The van der Waals surface area contributed by atoms with Crippen molar-refractivity contribution in [3.8, 4) is 0 Å². The molecule has 3 rings (SSSR count). The van der Waals surface area contributed by atoms with Crippen LogP contribution in [0.25, 0.3) is 11.2 Å². The Morgan fingerprint density at radius 2 is 2.27 bits per heavy atom. The minimum absolute atomic E-state index is 0.0746. The van der Waals surface area contributed by atoms with Gasteiger partial charge in [-0.15, -0.1) is 0 Å². The molecule has 0 aliphatic carbocycles. The molecule has 0 unspecified atom stereocenters. The molecule has 2 aromatic rings. The van der Waals surface area contributed by atoms with E-state index in [1.54, 1.807) is 15.8 Å². The van der Waals surface area contributed by atoms with Gasteiger partial charge in [-0.25, -0.2) is 19.7 Å². The van der Waals surface area contributed by atoms with Crippen LogP contribution in [-0.2, 0) is 9.47 Å². The first-order valence-corrected chi connectivity index (χ1v) is 7.05. The average molecular weight is 306 g/mol. The first-order valence-electron chi connectivity index (χ1n) is 7.05. The highest BCUT2D eigenvalue weighted by molar-refractivity contribution is 5.81. The Morgan fingerprint density at radius 3 is 3.00 bits per heavy atom. The number of hydrogen-bond acceptors (Lipinski definition) is 7. The van der Waals surface area contributed by atoms with Gasteiger partial charge in [0.15, 0.2) is 17.7 Å². The number of nitrogen functional groups attached to an aromatic ring is 1. The minimum atomic E-state index is -0.392. The first kappa shape index (κ1) is 14.5. The quantitative estimate of drug-likeness (QED) is 0.873. The normalized spacial score (nSPS) is 22.0. The van der Waals surface area contributed by atoms with Crippen LogP contribution in [-0.4, -0.2) is 56.8 Å². The van der Waals surface area contributed by atoms with Gasteiger partial charge in [0, 0.05) is 0 Å². The lowest BCUT2D eigenvalue weighted by Gasteiger charge is -2.37.